The summed E-state index contributed by atoms with van der Waals surface area (Å²) >= 11 is 0. The van der Waals surface area contributed by atoms with E-state index in [1.54, 1.807) is 12.1 Å². The number of carbonyl (C=O) groups excluding carboxylic acids is 1. The van der Waals surface area contributed by atoms with E-state index in [9.17, 15) is 4.79 Å². The highest BCUT2D eigenvalue weighted by atomic mass is 16.5. The number of rotatable bonds is 6. The monoisotopic (exact) mass is 327 g/mol. The summed E-state index contributed by atoms with van der Waals surface area (Å²) in [6.45, 7) is 7.41. The molecule has 0 spiro atoms. The fourth-order valence-corrected chi connectivity index (χ4v) is 3.23. The van der Waals surface area contributed by atoms with Crippen LogP contribution in [-0.2, 0) is 4.79 Å². The lowest BCUT2D eigenvalue weighted by Gasteiger charge is -2.35. The average Bonchev–Trinajstić information content (AvgIpc) is 3.35. The lowest BCUT2D eigenvalue weighted by Crippen LogP contribution is -2.49. The Morgan fingerprint density at radius 1 is 1.33 bits per heavy atom. The van der Waals surface area contributed by atoms with Gasteiger partial charge in [0.15, 0.2) is 0 Å². The van der Waals surface area contributed by atoms with Crippen LogP contribution in [0.1, 0.15) is 25.3 Å². The number of piperazine rings is 1. The Balaban J connectivity index is 1.32. The van der Waals surface area contributed by atoms with Crippen LogP contribution in [0.15, 0.2) is 24.3 Å². The number of carbonyl (C=O) groups is 1. The first kappa shape index (κ1) is 16.8. The molecule has 0 aromatic heterocycles. The number of hydrogen-bond acceptors (Lipinski definition) is 4. The molecule has 2 aliphatic rings. The minimum atomic E-state index is 0.300. The Hall–Kier alpha value is -2.06. The van der Waals surface area contributed by atoms with Crippen molar-refractivity contribution in [3.05, 3.63) is 29.8 Å². The van der Waals surface area contributed by atoms with E-state index in [0.29, 0.717) is 29.9 Å². The second-order valence-electron chi connectivity index (χ2n) is 6.83. The Bertz CT molecular complexity index is 617. The van der Waals surface area contributed by atoms with Gasteiger partial charge in [0.25, 0.3) is 0 Å². The number of nitrogens with zero attached hydrogens (tertiary/aromatic N) is 3. The maximum Gasteiger partial charge on any atom is 0.226 e. The van der Waals surface area contributed by atoms with E-state index in [1.165, 1.54) is 0 Å². The van der Waals surface area contributed by atoms with E-state index in [2.05, 4.69) is 17.9 Å². The molecule has 0 unspecified atom stereocenters. The van der Waals surface area contributed by atoms with Gasteiger partial charge in [0.1, 0.15) is 5.75 Å². The summed E-state index contributed by atoms with van der Waals surface area (Å²) in [5, 5.41) is 8.88. The first-order chi connectivity index (χ1) is 11.7. The summed E-state index contributed by atoms with van der Waals surface area (Å²) in [7, 11) is 0. The molecule has 0 N–H and O–H groups in total. The average molecular weight is 327 g/mol. The maximum absolute atomic E-state index is 12.2. The Kier molecular flexibility index (Phi) is 5.37. The number of nitriles is 1. The zero-order valence-electron chi connectivity index (χ0n) is 14.3. The van der Waals surface area contributed by atoms with Crippen molar-refractivity contribution in [2.45, 2.75) is 19.8 Å². The van der Waals surface area contributed by atoms with Crippen LogP contribution in [0.25, 0.3) is 0 Å². The minimum absolute atomic E-state index is 0.300. The molecule has 0 bridgehead atoms. The van der Waals surface area contributed by atoms with Crippen molar-refractivity contribution < 1.29 is 9.53 Å². The summed E-state index contributed by atoms with van der Waals surface area (Å²) in [5.74, 6) is 2.01. The van der Waals surface area contributed by atoms with Crippen LogP contribution < -0.4 is 4.74 Å². The molecule has 1 aromatic carbocycles. The molecular formula is C19H25N3O2. The Morgan fingerprint density at radius 2 is 2.08 bits per heavy atom. The van der Waals surface area contributed by atoms with Crippen molar-refractivity contribution in [1.82, 2.24) is 9.80 Å². The van der Waals surface area contributed by atoms with Crippen molar-refractivity contribution in [1.29, 1.82) is 5.26 Å². The molecule has 1 aliphatic heterocycles. The van der Waals surface area contributed by atoms with Crippen molar-refractivity contribution in [2.75, 3.05) is 39.3 Å². The van der Waals surface area contributed by atoms with Gasteiger partial charge in [0, 0.05) is 38.6 Å². The molecule has 128 valence electrons. The van der Waals surface area contributed by atoms with E-state index in [4.69, 9.17) is 10.00 Å². The fourth-order valence-electron chi connectivity index (χ4n) is 3.23. The van der Waals surface area contributed by atoms with Crippen LogP contribution in [0.3, 0.4) is 0 Å². The van der Waals surface area contributed by atoms with Crippen LogP contribution in [0.5, 0.6) is 5.75 Å². The third kappa shape index (κ3) is 4.27. The Labute approximate surface area is 143 Å². The third-order valence-electron chi connectivity index (χ3n) is 4.96. The van der Waals surface area contributed by atoms with Gasteiger partial charge in [-0.05, 0) is 37.0 Å². The van der Waals surface area contributed by atoms with E-state index in [1.807, 2.05) is 17.0 Å². The van der Waals surface area contributed by atoms with Crippen LogP contribution in [0.2, 0.25) is 0 Å². The maximum atomic E-state index is 12.2. The summed E-state index contributed by atoms with van der Waals surface area (Å²) in [6, 6.07) is 9.38. The first-order valence-electron chi connectivity index (χ1n) is 8.81. The quantitative estimate of drug-likeness (QED) is 0.751. The lowest BCUT2D eigenvalue weighted by molar-refractivity contribution is -0.134. The number of benzene rings is 1. The molecule has 0 radical (unpaired) electrons. The number of amides is 1. The van der Waals surface area contributed by atoms with Crippen LogP contribution in [0.4, 0.5) is 0 Å². The van der Waals surface area contributed by atoms with Gasteiger partial charge in [-0.3, -0.25) is 9.69 Å². The lowest BCUT2D eigenvalue weighted by atomic mass is 10.2. The van der Waals surface area contributed by atoms with Gasteiger partial charge >= 0.3 is 0 Å². The highest BCUT2D eigenvalue weighted by molar-refractivity contribution is 5.81. The van der Waals surface area contributed by atoms with Gasteiger partial charge in [0.05, 0.1) is 18.2 Å². The highest BCUT2D eigenvalue weighted by Gasteiger charge is 2.41. The highest BCUT2D eigenvalue weighted by Crippen LogP contribution is 2.39. The van der Waals surface area contributed by atoms with Crippen molar-refractivity contribution in [3.8, 4) is 11.8 Å². The zero-order chi connectivity index (χ0) is 16.9. The van der Waals surface area contributed by atoms with Crippen LogP contribution in [-0.4, -0.2) is 55.0 Å². The molecule has 24 heavy (non-hydrogen) atoms. The molecule has 1 aromatic rings. The van der Waals surface area contributed by atoms with Crippen LogP contribution >= 0.6 is 0 Å². The summed E-state index contributed by atoms with van der Waals surface area (Å²) in [5.41, 5.74) is 0.623. The predicted molar refractivity (Wildman–Crippen MR) is 91.6 cm³/mol. The van der Waals surface area contributed by atoms with E-state index in [0.717, 1.165) is 51.3 Å². The molecule has 5 heteroatoms. The molecule has 1 amide bonds. The fraction of sp³-hybridized carbons (Fsp3) is 0.579. The molecule has 1 heterocycles. The third-order valence-corrected chi connectivity index (χ3v) is 4.96. The standard InChI is InChI=1S/C19H25N3O2/c1-15-12-18(15)19(23)22-9-7-21(8-10-22)6-3-11-24-17-5-2-4-16(13-17)14-20/h2,4-5,13,15,18H,3,6-12H2,1H3/t15-,18+/m1/s1. The summed E-state index contributed by atoms with van der Waals surface area (Å²) in [6.07, 6.45) is 2.02. The van der Waals surface area contributed by atoms with Gasteiger partial charge in [0.2, 0.25) is 5.91 Å². The van der Waals surface area contributed by atoms with Gasteiger partial charge in [-0.2, -0.15) is 5.26 Å². The molecular weight excluding hydrogens is 302 g/mol. The first-order valence-corrected chi connectivity index (χ1v) is 8.81. The second-order valence-corrected chi connectivity index (χ2v) is 6.83. The summed E-state index contributed by atoms with van der Waals surface area (Å²) in [4.78, 5) is 16.6. The van der Waals surface area contributed by atoms with E-state index < -0.39 is 0 Å². The predicted octanol–water partition coefficient (Wildman–Crippen LogP) is 2.13. The normalized spacial score (nSPS) is 23.6. The molecule has 2 fully saturated rings. The Morgan fingerprint density at radius 3 is 2.75 bits per heavy atom. The van der Waals surface area contributed by atoms with Gasteiger partial charge in [-0.1, -0.05) is 13.0 Å². The largest absolute Gasteiger partial charge is 0.494 e. The molecule has 3 rings (SSSR count). The van der Waals surface area contributed by atoms with Crippen molar-refractivity contribution in [3.63, 3.8) is 0 Å². The smallest absolute Gasteiger partial charge is 0.226 e. The molecule has 2 atom stereocenters. The van der Waals surface area contributed by atoms with Gasteiger partial charge in [-0.15, -0.1) is 0 Å². The molecule has 1 saturated heterocycles. The number of ether oxygens (including phenoxy) is 1. The van der Waals surface area contributed by atoms with E-state index >= 15 is 0 Å². The number of hydrogen-bond donors (Lipinski definition) is 0. The van der Waals surface area contributed by atoms with Crippen molar-refractivity contribution in [2.24, 2.45) is 11.8 Å². The molecule has 1 saturated carbocycles. The topological polar surface area (TPSA) is 56.6 Å². The molecule has 1 aliphatic carbocycles. The van der Waals surface area contributed by atoms with Gasteiger partial charge < -0.3 is 9.64 Å². The van der Waals surface area contributed by atoms with E-state index in [-0.39, 0.29) is 0 Å². The summed E-state index contributed by atoms with van der Waals surface area (Å²) < 4.78 is 5.71. The SMILES string of the molecule is C[C@@H]1C[C@@H]1C(=O)N1CCN(CCCOc2cccc(C#N)c2)CC1. The van der Waals surface area contributed by atoms with Gasteiger partial charge in [-0.25, -0.2) is 0 Å². The second kappa shape index (κ2) is 7.67. The minimum Gasteiger partial charge on any atom is -0.494 e. The molecule has 5 nitrogen and oxygen atoms in total. The zero-order valence-corrected chi connectivity index (χ0v) is 14.3. The van der Waals surface area contributed by atoms with Crippen molar-refractivity contribution >= 4 is 5.91 Å². The van der Waals surface area contributed by atoms with Crippen LogP contribution in [0, 0.1) is 23.2 Å².